The van der Waals surface area contributed by atoms with E-state index in [2.05, 4.69) is 10.0 Å². The average molecular weight is 341 g/mol. The van der Waals surface area contributed by atoms with E-state index in [1.165, 1.54) is 0 Å². The molecule has 1 aromatic carbocycles. The van der Waals surface area contributed by atoms with Gasteiger partial charge in [-0.25, -0.2) is 21.9 Å². The summed E-state index contributed by atoms with van der Waals surface area (Å²) >= 11 is 0. The largest absolute Gasteiger partial charge is 0.316 e. The fraction of sp³-hybridized carbons (Fsp3) is 0.538. The molecule has 2 rings (SSSR count). The van der Waals surface area contributed by atoms with Crippen LogP contribution in [0.25, 0.3) is 0 Å². The first-order valence-corrected chi connectivity index (χ1v) is 8.13. The van der Waals surface area contributed by atoms with Gasteiger partial charge in [0.2, 0.25) is 10.0 Å². The molecule has 1 atom stereocenters. The summed E-state index contributed by atoms with van der Waals surface area (Å²) in [7, 11) is -4.14. The zero-order valence-corrected chi connectivity index (χ0v) is 13.1. The van der Waals surface area contributed by atoms with Crippen LogP contribution in [0.3, 0.4) is 0 Å². The molecule has 0 amide bonds. The highest BCUT2D eigenvalue weighted by atomic mass is 35.5. The maximum absolute atomic E-state index is 13.5. The molecule has 2 N–H and O–H groups in total. The minimum Gasteiger partial charge on any atom is -0.316 e. The number of nitrogens with one attached hydrogen (secondary N) is 2. The number of sulfonamides is 1. The molecule has 1 aliphatic rings. The van der Waals surface area contributed by atoms with Gasteiger partial charge in [-0.3, -0.25) is 0 Å². The van der Waals surface area contributed by atoms with Gasteiger partial charge in [0.25, 0.3) is 0 Å². The highest BCUT2D eigenvalue weighted by Gasteiger charge is 2.23. The fourth-order valence-corrected chi connectivity index (χ4v) is 3.56. The van der Waals surface area contributed by atoms with E-state index in [-0.39, 0.29) is 19.0 Å². The van der Waals surface area contributed by atoms with Crippen molar-refractivity contribution in [1.29, 1.82) is 0 Å². The van der Waals surface area contributed by atoms with Gasteiger partial charge in [0.15, 0.2) is 4.90 Å². The lowest BCUT2D eigenvalue weighted by Gasteiger charge is -2.22. The maximum Gasteiger partial charge on any atom is 0.246 e. The Morgan fingerprint density at radius 1 is 1.29 bits per heavy atom. The van der Waals surface area contributed by atoms with E-state index in [1.807, 2.05) is 0 Å². The van der Waals surface area contributed by atoms with Crippen molar-refractivity contribution in [3.63, 3.8) is 0 Å². The zero-order chi connectivity index (χ0) is 14.6. The number of hydrogen-bond acceptors (Lipinski definition) is 3. The topological polar surface area (TPSA) is 58.2 Å². The summed E-state index contributed by atoms with van der Waals surface area (Å²) in [5.74, 6) is -1.74. The molecule has 1 heterocycles. The van der Waals surface area contributed by atoms with E-state index in [0.717, 1.165) is 44.1 Å². The third kappa shape index (κ3) is 4.88. The molecule has 0 aliphatic carbocycles. The number of hydrogen-bond donors (Lipinski definition) is 2. The quantitative estimate of drug-likeness (QED) is 0.862. The van der Waals surface area contributed by atoms with Crippen molar-refractivity contribution in [1.82, 2.24) is 10.0 Å². The highest BCUT2D eigenvalue weighted by molar-refractivity contribution is 7.89. The molecule has 1 fully saturated rings. The first kappa shape index (κ1) is 18.3. The van der Waals surface area contributed by atoms with Gasteiger partial charge in [0, 0.05) is 6.54 Å². The molecule has 120 valence electrons. The molecule has 0 saturated carbocycles. The Morgan fingerprint density at radius 3 is 2.52 bits per heavy atom. The Bertz CT molecular complexity index is 543. The summed E-state index contributed by atoms with van der Waals surface area (Å²) in [5.41, 5.74) is 0. The van der Waals surface area contributed by atoms with Crippen LogP contribution < -0.4 is 10.0 Å². The molecular weight excluding hydrogens is 322 g/mol. The third-order valence-electron chi connectivity index (χ3n) is 3.43. The summed E-state index contributed by atoms with van der Waals surface area (Å²) in [4.78, 5) is -0.901. The van der Waals surface area contributed by atoms with Crippen molar-refractivity contribution in [3.8, 4) is 0 Å². The van der Waals surface area contributed by atoms with Crippen molar-refractivity contribution >= 4 is 22.4 Å². The molecule has 0 aromatic heterocycles. The standard InChI is InChI=1S/C13H18F2N2O2S.ClH/c14-11-4-1-5-12(15)13(11)20(18,19)17-8-6-10-3-2-7-16-9-10;/h1,4-5,10,16-17H,2-3,6-9H2;1H. The normalized spacial score (nSPS) is 19.0. The van der Waals surface area contributed by atoms with Crippen molar-refractivity contribution in [2.75, 3.05) is 19.6 Å². The minimum absolute atomic E-state index is 0. The lowest BCUT2D eigenvalue weighted by Crippen LogP contribution is -2.33. The van der Waals surface area contributed by atoms with Crippen LogP contribution in [-0.2, 0) is 10.0 Å². The van der Waals surface area contributed by atoms with Crippen LogP contribution in [0.4, 0.5) is 8.78 Å². The van der Waals surface area contributed by atoms with Gasteiger partial charge in [-0.1, -0.05) is 6.07 Å². The van der Waals surface area contributed by atoms with Gasteiger partial charge >= 0.3 is 0 Å². The second kappa shape index (κ2) is 8.03. The Labute approximate surface area is 129 Å². The van der Waals surface area contributed by atoms with Crippen LogP contribution in [-0.4, -0.2) is 28.1 Å². The Kier molecular flexibility index (Phi) is 6.99. The zero-order valence-electron chi connectivity index (χ0n) is 11.4. The number of benzene rings is 1. The van der Waals surface area contributed by atoms with E-state index in [0.29, 0.717) is 12.3 Å². The van der Waals surface area contributed by atoms with Gasteiger partial charge in [-0.05, 0) is 50.4 Å². The van der Waals surface area contributed by atoms with Crippen molar-refractivity contribution in [2.45, 2.75) is 24.2 Å². The summed E-state index contributed by atoms with van der Waals surface area (Å²) in [5, 5.41) is 3.24. The molecular formula is C13H19ClF2N2O2S. The molecule has 0 spiro atoms. The van der Waals surface area contributed by atoms with Gasteiger partial charge in [0.05, 0.1) is 0 Å². The summed E-state index contributed by atoms with van der Waals surface area (Å²) in [6.07, 6.45) is 2.77. The molecule has 4 nitrogen and oxygen atoms in total. The minimum atomic E-state index is -4.14. The van der Waals surface area contributed by atoms with Crippen LogP contribution in [0.5, 0.6) is 0 Å². The van der Waals surface area contributed by atoms with Gasteiger partial charge in [0.1, 0.15) is 11.6 Å². The van der Waals surface area contributed by atoms with Gasteiger partial charge in [-0.15, -0.1) is 12.4 Å². The van der Waals surface area contributed by atoms with E-state index >= 15 is 0 Å². The van der Waals surface area contributed by atoms with Crippen LogP contribution >= 0.6 is 12.4 Å². The maximum atomic E-state index is 13.5. The van der Waals surface area contributed by atoms with Crippen molar-refractivity contribution in [3.05, 3.63) is 29.8 Å². The van der Waals surface area contributed by atoms with Crippen LogP contribution in [0.15, 0.2) is 23.1 Å². The summed E-state index contributed by atoms with van der Waals surface area (Å²) in [6, 6.07) is 3.00. The second-order valence-corrected chi connectivity index (χ2v) is 6.65. The molecule has 1 aliphatic heterocycles. The van der Waals surface area contributed by atoms with Crippen molar-refractivity contribution < 1.29 is 17.2 Å². The van der Waals surface area contributed by atoms with Crippen LogP contribution in [0.2, 0.25) is 0 Å². The number of halogens is 3. The second-order valence-electron chi connectivity index (χ2n) is 4.95. The predicted molar refractivity (Wildman–Crippen MR) is 79.0 cm³/mol. The monoisotopic (exact) mass is 340 g/mol. The van der Waals surface area contributed by atoms with E-state index < -0.39 is 26.6 Å². The molecule has 1 aromatic rings. The van der Waals surface area contributed by atoms with E-state index in [1.54, 1.807) is 0 Å². The SMILES string of the molecule is Cl.O=S(=O)(NCCC1CCCNC1)c1c(F)cccc1F. The number of piperidine rings is 1. The highest BCUT2D eigenvalue weighted by Crippen LogP contribution is 2.18. The molecule has 1 saturated heterocycles. The first-order chi connectivity index (χ1) is 9.50. The number of rotatable bonds is 5. The van der Waals surface area contributed by atoms with Crippen LogP contribution in [0.1, 0.15) is 19.3 Å². The molecule has 1 unspecified atom stereocenters. The first-order valence-electron chi connectivity index (χ1n) is 6.65. The van der Waals surface area contributed by atoms with Gasteiger partial charge < -0.3 is 5.32 Å². The molecule has 0 bridgehead atoms. The average Bonchev–Trinajstić information content (AvgIpc) is 2.39. The smallest absolute Gasteiger partial charge is 0.246 e. The molecule has 0 radical (unpaired) electrons. The fourth-order valence-electron chi connectivity index (χ4n) is 2.38. The third-order valence-corrected chi connectivity index (χ3v) is 4.94. The van der Waals surface area contributed by atoms with Gasteiger partial charge in [-0.2, -0.15) is 0 Å². The van der Waals surface area contributed by atoms with E-state index in [4.69, 9.17) is 0 Å². The lowest BCUT2D eigenvalue weighted by molar-refractivity contribution is 0.358. The Balaban J connectivity index is 0.00000220. The van der Waals surface area contributed by atoms with Crippen molar-refractivity contribution in [2.24, 2.45) is 5.92 Å². The summed E-state index contributed by atoms with van der Waals surface area (Å²) in [6.45, 7) is 2.03. The van der Waals surface area contributed by atoms with Crippen LogP contribution in [0, 0.1) is 17.6 Å². The summed E-state index contributed by atoms with van der Waals surface area (Å²) < 4.78 is 53.0. The predicted octanol–water partition coefficient (Wildman–Crippen LogP) is 2.05. The lowest BCUT2D eigenvalue weighted by atomic mass is 9.96. The van der Waals surface area contributed by atoms with E-state index in [9.17, 15) is 17.2 Å². The molecule has 8 heteroatoms. The molecule has 21 heavy (non-hydrogen) atoms. The Hall–Kier alpha value is -0.760. The Morgan fingerprint density at radius 2 is 1.95 bits per heavy atom.